The van der Waals surface area contributed by atoms with E-state index in [1.807, 2.05) is 31.2 Å². The molecule has 0 spiro atoms. The third-order valence-corrected chi connectivity index (χ3v) is 5.65. The first-order chi connectivity index (χ1) is 17.5. The number of hydrogen-bond acceptors (Lipinski definition) is 8. The number of nitrogens with zero attached hydrogens (tertiary/aromatic N) is 2. The Morgan fingerprint density at radius 3 is 2.32 bits per heavy atom. The molecule has 0 fully saturated rings. The van der Waals surface area contributed by atoms with Crippen molar-refractivity contribution >= 4 is 23.8 Å². The average molecular weight is 514 g/mol. The van der Waals surface area contributed by atoms with Gasteiger partial charge in [-0.15, -0.1) is 5.12 Å². The van der Waals surface area contributed by atoms with Crippen molar-refractivity contribution in [2.24, 2.45) is 0 Å². The first-order valence-corrected chi connectivity index (χ1v) is 11.9. The van der Waals surface area contributed by atoms with Crippen LogP contribution >= 0.6 is 0 Å². The number of hydrogen-bond donors (Lipinski definition) is 2. The quantitative estimate of drug-likeness (QED) is 0.465. The Kier molecular flexibility index (Phi) is 8.67. The first kappa shape index (κ1) is 27.8. The average Bonchev–Trinajstić information content (AvgIpc) is 3.15. The van der Waals surface area contributed by atoms with Crippen LogP contribution in [0.5, 0.6) is 11.5 Å². The molecular weight excluding hydrogens is 478 g/mol. The molecule has 0 aromatic heterocycles. The Morgan fingerprint density at radius 2 is 1.78 bits per heavy atom. The fourth-order valence-corrected chi connectivity index (χ4v) is 4.14. The highest BCUT2D eigenvalue weighted by molar-refractivity contribution is 5.92. The van der Waals surface area contributed by atoms with Crippen molar-refractivity contribution in [3.8, 4) is 22.6 Å². The summed E-state index contributed by atoms with van der Waals surface area (Å²) in [6.45, 7) is 8.57. The van der Waals surface area contributed by atoms with Gasteiger partial charge in [0.15, 0.2) is 0 Å². The minimum absolute atomic E-state index is 0.283. The van der Waals surface area contributed by atoms with Crippen LogP contribution in [0.3, 0.4) is 0 Å². The van der Waals surface area contributed by atoms with Gasteiger partial charge in [-0.1, -0.05) is 12.1 Å². The van der Waals surface area contributed by atoms with Gasteiger partial charge in [0.05, 0.1) is 38.6 Å². The van der Waals surface area contributed by atoms with Crippen molar-refractivity contribution in [2.75, 3.05) is 32.9 Å². The van der Waals surface area contributed by atoms with Crippen LogP contribution in [0.1, 0.15) is 44.4 Å². The summed E-state index contributed by atoms with van der Waals surface area (Å²) >= 11 is 0. The number of carboxylic acid groups (broad SMARTS) is 1. The first-order valence-electron chi connectivity index (χ1n) is 11.9. The monoisotopic (exact) mass is 513 g/mol. The SMILES string of the molecule is CCOCc1cc(OC)c(-c2ccc(/C=C\C(=O)O)c3c2N(C)N(NC(=O)OC(C)(C)C)C3)c(OC)c1. The molecule has 10 nitrogen and oxygen atoms in total. The number of nitrogens with one attached hydrogen (secondary N) is 1. The summed E-state index contributed by atoms with van der Waals surface area (Å²) < 4.78 is 22.5. The standard InChI is InChI=1S/C27H35N3O7/c1-8-36-16-17-13-21(34-6)24(22(14-17)35-7)19-11-9-18(10-12-23(31)32)20-15-30(29(5)25(19)20)28-26(33)37-27(2,3)4/h9-14H,8,15-16H2,1-7H3,(H,28,33)(H,31,32)/b12-10-. The maximum atomic E-state index is 12.5. The summed E-state index contributed by atoms with van der Waals surface area (Å²) in [5.74, 6) is 0.134. The molecule has 0 atom stereocenters. The highest BCUT2D eigenvalue weighted by Gasteiger charge is 2.33. The molecule has 1 amide bonds. The van der Waals surface area contributed by atoms with Gasteiger partial charge < -0.3 is 24.1 Å². The molecule has 2 N–H and O–H groups in total. The number of benzene rings is 2. The van der Waals surface area contributed by atoms with Gasteiger partial charge in [0.2, 0.25) is 0 Å². The third kappa shape index (κ3) is 6.52. The Hall–Kier alpha value is -3.76. The summed E-state index contributed by atoms with van der Waals surface area (Å²) in [5.41, 5.74) is 6.79. The summed E-state index contributed by atoms with van der Waals surface area (Å²) in [4.78, 5) is 23.8. The van der Waals surface area contributed by atoms with Gasteiger partial charge >= 0.3 is 12.1 Å². The molecule has 0 saturated heterocycles. The number of carbonyl (C=O) groups excluding carboxylic acids is 1. The van der Waals surface area contributed by atoms with Gasteiger partial charge in [0.1, 0.15) is 17.1 Å². The fraction of sp³-hybridized carbons (Fsp3) is 0.407. The number of hydrazine groups is 2. The van der Waals surface area contributed by atoms with E-state index >= 15 is 0 Å². The van der Waals surface area contributed by atoms with E-state index < -0.39 is 17.7 Å². The lowest BCUT2D eigenvalue weighted by Crippen LogP contribution is -2.49. The van der Waals surface area contributed by atoms with Gasteiger partial charge in [-0.25, -0.2) is 15.0 Å². The molecule has 1 aliphatic heterocycles. The van der Waals surface area contributed by atoms with E-state index in [2.05, 4.69) is 5.43 Å². The number of ether oxygens (including phenoxy) is 4. The number of aliphatic carboxylic acids is 1. The summed E-state index contributed by atoms with van der Waals surface area (Å²) in [5, 5.41) is 12.6. The van der Waals surface area contributed by atoms with Crippen LogP contribution in [0.4, 0.5) is 10.5 Å². The molecule has 1 aliphatic rings. The van der Waals surface area contributed by atoms with E-state index in [-0.39, 0.29) is 6.54 Å². The second-order valence-electron chi connectivity index (χ2n) is 9.41. The lowest BCUT2D eigenvalue weighted by molar-refractivity contribution is -0.131. The van der Waals surface area contributed by atoms with E-state index in [1.54, 1.807) is 52.2 Å². The van der Waals surface area contributed by atoms with Gasteiger partial charge in [0, 0.05) is 30.9 Å². The Labute approximate surface area is 217 Å². The molecule has 10 heteroatoms. The molecule has 1 heterocycles. The second-order valence-corrected chi connectivity index (χ2v) is 9.41. The lowest BCUT2D eigenvalue weighted by atomic mass is 9.94. The Morgan fingerprint density at radius 1 is 1.14 bits per heavy atom. The molecule has 200 valence electrons. The molecule has 0 saturated carbocycles. The molecule has 0 unspecified atom stereocenters. The molecule has 37 heavy (non-hydrogen) atoms. The van der Waals surface area contributed by atoms with Crippen molar-refractivity contribution < 1.29 is 33.6 Å². The third-order valence-electron chi connectivity index (χ3n) is 5.65. The Balaban J connectivity index is 2.14. The van der Waals surface area contributed by atoms with Crippen LogP contribution in [-0.2, 0) is 27.4 Å². The summed E-state index contributed by atoms with van der Waals surface area (Å²) in [6.07, 6.45) is 2.02. The van der Waals surface area contributed by atoms with Crippen molar-refractivity contribution in [3.05, 3.63) is 47.0 Å². The maximum absolute atomic E-state index is 12.5. The van der Waals surface area contributed by atoms with E-state index in [1.165, 1.54) is 6.08 Å². The minimum atomic E-state index is -1.05. The smallest absolute Gasteiger partial charge is 0.423 e. The zero-order valence-electron chi connectivity index (χ0n) is 22.4. The van der Waals surface area contributed by atoms with Crippen LogP contribution in [0.2, 0.25) is 0 Å². The topological polar surface area (TPSA) is 110 Å². The normalized spacial score (nSPS) is 13.5. The Bertz CT molecular complexity index is 1160. The second kappa shape index (κ2) is 11.5. The van der Waals surface area contributed by atoms with Crippen molar-refractivity contribution in [2.45, 2.75) is 46.4 Å². The van der Waals surface area contributed by atoms with Gasteiger partial charge in [-0.3, -0.25) is 5.01 Å². The number of carbonyl (C=O) groups is 2. The maximum Gasteiger partial charge on any atom is 0.423 e. The zero-order valence-corrected chi connectivity index (χ0v) is 22.4. The molecule has 0 radical (unpaired) electrons. The zero-order chi connectivity index (χ0) is 27.3. The van der Waals surface area contributed by atoms with Crippen molar-refractivity contribution in [1.29, 1.82) is 0 Å². The van der Waals surface area contributed by atoms with E-state index in [0.29, 0.717) is 30.3 Å². The number of carboxylic acids is 1. The van der Waals surface area contributed by atoms with Gasteiger partial charge in [-0.2, -0.15) is 0 Å². The van der Waals surface area contributed by atoms with E-state index in [0.717, 1.165) is 34.0 Å². The summed E-state index contributed by atoms with van der Waals surface area (Å²) in [7, 11) is 4.99. The molecule has 2 aromatic carbocycles. The van der Waals surface area contributed by atoms with Gasteiger partial charge in [0.25, 0.3) is 0 Å². The number of methoxy groups -OCH3 is 2. The summed E-state index contributed by atoms with van der Waals surface area (Å²) in [6, 6.07) is 7.54. The number of fused-ring (bicyclic) bond motifs is 1. The van der Waals surface area contributed by atoms with E-state index in [9.17, 15) is 14.7 Å². The highest BCUT2D eigenvalue weighted by atomic mass is 16.6. The van der Waals surface area contributed by atoms with Crippen LogP contribution in [0, 0.1) is 0 Å². The number of anilines is 1. The van der Waals surface area contributed by atoms with Crippen LogP contribution in [-0.4, -0.2) is 55.8 Å². The molecule has 3 rings (SSSR count). The van der Waals surface area contributed by atoms with Gasteiger partial charge in [-0.05, 0) is 57.0 Å². The lowest BCUT2D eigenvalue weighted by Gasteiger charge is -2.29. The van der Waals surface area contributed by atoms with E-state index in [4.69, 9.17) is 18.9 Å². The van der Waals surface area contributed by atoms with Crippen LogP contribution in [0.15, 0.2) is 30.3 Å². The van der Waals surface area contributed by atoms with Crippen LogP contribution < -0.4 is 19.9 Å². The predicted molar refractivity (Wildman–Crippen MR) is 140 cm³/mol. The van der Waals surface area contributed by atoms with Crippen molar-refractivity contribution in [3.63, 3.8) is 0 Å². The molecule has 0 aliphatic carbocycles. The largest absolute Gasteiger partial charge is 0.496 e. The molecule has 2 aromatic rings. The van der Waals surface area contributed by atoms with Crippen molar-refractivity contribution in [1.82, 2.24) is 10.5 Å². The minimum Gasteiger partial charge on any atom is -0.496 e. The number of amides is 1. The van der Waals surface area contributed by atoms with Crippen LogP contribution in [0.25, 0.3) is 17.2 Å². The molecular formula is C27H35N3O7. The number of rotatable bonds is 9. The molecule has 0 bridgehead atoms. The predicted octanol–water partition coefficient (Wildman–Crippen LogP) is 4.61. The fourth-order valence-electron chi connectivity index (χ4n) is 4.14. The highest BCUT2D eigenvalue weighted by Crippen LogP contribution is 2.48.